The van der Waals surface area contributed by atoms with Crippen molar-refractivity contribution in [3.8, 4) is 5.75 Å². The largest absolute Gasteiger partial charge is 0.493 e. The van der Waals surface area contributed by atoms with Crippen molar-refractivity contribution in [3.05, 3.63) is 29.1 Å². The first-order valence-electron chi connectivity index (χ1n) is 6.83. The number of halogens is 3. The van der Waals surface area contributed by atoms with E-state index in [2.05, 4.69) is 0 Å². The van der Waals surface area contributed by atoms with Crippen molar-refractivity contribution in [1.29, 1.82) is 0 Å². The van der Waals surface area contributed by atoms with E-state index < -0.39 is 17.3 Å². The van der Waals surface area contributed by atoms with Gasteiger partial charge >= 0.3 is 0 Å². The lowest BCUT2D eigenvalue weighted by Gasteiger charge is -2.35. The zero-order valence-corrected chi connectivity index (χ0v) is 11.8. The molecule has 20 heavy (non-hydrogen) atoms. The Labute approximate surface area is 117 Å². The summed E-state index contributed by atoms with van der Waals surface area (Å²) in [6, 6.07) is 2.13. The molecule has 0 saturated heterocycles. The molecule has 0 heterocycles. The molecular formula is C15H20F3NO. The minimum atomic E-state index is -3.10. The molecule has 0 spiro atoms. The molecule has 2 rings (SSSR count). The molecule has 112 valence electrons. The molecule has 0 aromatic heterocycles. The maximum absolute atomic E-state index is 14.1. The zero-order chi connectivity index (χ0) is 15.0. The number of rotatable bonds is 3. The third-order valence-corrected chi connectivity index (χ3v) is 4.04. The highest BCUT2D eigenvalue weighted by atomic mass is 19.3. The fourth-order valence-electron chi connectivity index (χ4n) is 2.88. The van der Waals surface area contributed by atoms with Crippen LogP contribution in [0.4, 0.5) is 13.2 Å². The van der Waals surface area contributed by atoms with Crippen molar-refractivity contribution in [2.45, 2.75) is 50.5 Å². The Kier molecular flexibility index (Phi) is 4.00. The van der Waals surface area contributed by atoms with Crippen LogP contribution in [0, 0.1) is 5.82 Å². The third kappa shape index (κ3) is 2.77. The number of ether oxygens (including phenoxy) is 1. The second-order valence-corrected chi connectivity index (χ2v) is 5.64. The predicted molar refractivity (Wildman–Crippen MR) is 71.5 cm³/mol. The van der Waals surface area contributed by atoms with Crippen LogP contribution >= 0.6 is 0 Å². The minimum Gasteiger partial charge on any atom is -0.493 e. The van der Waals surface area contributed by atoms with Crippen LogP contribution in [0.1, 0.15) is 50.2 Å². The van der Waals surface area contributed by atoms with E-state index in [4.69, 9.17) is 10.5 Å². The van der Waals surface area contributed by atoms with Gasteiger partial charge < -0.3 is 10.5 Å². The molecule has 1 aromatic carbocycles. The summed E-state index contributed by atoms with van der Waals surface area (Å²) < 4.78 is 46.1. The van der Waals surface area contributed by atoms with Gasteiger partial charge in [0.2, 0.25) is 0 Å². The van der Waals surface area contributed by atoms with E-state index in [0.717, 1.165) is 32.3 Å². The first-order valence-corrected chi connectivity index (χ1v) is 6.83. The van der Waals surface area contributed by atoms with Crippen LogP contribution in [0.5, 0.6) is 5.75 Å². The monoisotopic (exact) mass is 287 g/mol. The van der Waals surface area contributed by atoms with Crippen molar-refractivity contribution in [2.75, 3.05) is 7.11 Å². The van der Waals surface area contributed by atoms with Gasteiger partial charge in [0.25, 0.3) is 5.92 Å². The molecule has 0 bridgehead atoms. The molecular weight excluding hydrogens is 267 g/mol. The number of benzene rings is 1. The number of methoxy groups -OCH3 is 1. The van der Waals surface area contributed by atoms with Crippen LogP contribution in [0.15, 0.2) is 12.1 Å². The summed E-state index contributed by atoms with van der Waals surface area (Å²) >= 11 is 0. The Bertz CT molecular complexity index is 491. The van der Waals surface area contributed by atoms with Gasteiger partial charge in [0.05, 0.1) is 7.11 Å². The van der Waals surface area contributed by atoms with Crippen molar-refractivity contribution in [2.24, 2.45) is 5.73 Å². The van der Waals surface area contributed by atoms with Gasteiger partial charge in [-0.05, 0) is 25.0 Å². The maximum atomic E-state index is 14.1. The highest BCUT2D eigenvalue weighted by molar-refractivity contribution is 5.44. The molecule has 0 atom stereocenters. The normalized spacial score (nSPS) is 18.9. The number of alkyl halides is 2. The molecule has 5 heteroatoms. The number of hydrogen-bond donors (Lipinski definition) is 1. The first-order chi connectivity index (χ1) is 9.28. The van der Waals surface area contributed by atoms with Crippen molar-refractivity contribution in [3.63, 3.8) is 0 Å². The molecule has 1 aliphatic rings. The van der Waals surface area contributed by atoms with Gasteiger partial charge in [0, 0.05) is 23.6 Å². The summed E-state index contributed by atoms with van der Waals surface area (Å²) in [4.78, 5) is 0. The van der Waals surface area contributed by atoms with Crippen molar-refractivity contribution < 1.29 is 17.9 Å². The van der Waals surface area contributed by atoms with Crippen molar-refractivity contribution >= 4 is 0 Å². The van der Waals surface area contributed by atoms with Crippen LogP contribution in [-0.2, 0) is 11.5 Å². The molecule has 1 aliphatic carbocycles. The van der Waals surface area contributed by atoms with Crippen LogP contribution in [0.2, 0.25) is 0 Å². The van der Waals surface area contributed by atoms with Crippen molar-refractivity contribution in [1.82, 2.24) is 0 Å². The van der Waals surface area contributed by atoms with Gasteiger partial charge in [-0.3, -0.25) is 0 Å². The van der Waals surface area contributed by atoms with Gasteiger partial charge in [-0.1, -0.05) is 19.3 Å². The van der Waals surface area contributed by atoms with E-state index in [1.165, 1.54) is 13.2 Å². The topological polar surface area (TPSA) is 35.2 Å². The highest BCUT2D eigenvalue weighted by Gasteiger charge is 2.36. The molecule has 1 aromatic rings. The molecule has 2 nitrogen and oxygen atoms in total. The van der Waals surface area contributed by atoms with E-state index in [-0.39, 0.29) is 11.3 Å². The zero-order valence-electron chi connectivity index (χ0n) is 11.8. The standard InChI is InChI=1S/C15H20F3NO/c1-14(17,18)10-8-11(13(20-2)12(16)9-10)15(19)6-4-3-5-7-15/h8-9H,3-7,19H2,1-2H3. The molecule has 1 saturated carbocycles. The minimum absolute atomic E-state index is 0.0117. The lowest BCUT2D eigenvalue weighted by Crippen LogP contribution is -2.39. The average Bonchev–Trinajstić information content (AvgIpc) is 2.37. The SMILES string of the molecule is COc1c(F)cc(C(C)(F)F)cc1C1(N)CCCCC1. The second-order valence-electron chi connectivity index (χ2n) is 5.64. The van der Waals surface area contributed by atoms with E-state index in [0.29, 0.717) is 18.4 Å². The molecule has 0 aliphatic heterocycles. The quantitative estimate of drug-likeness (QED) is 0.909. The number of hydrogen-bond acceptors (Lipinski definition) is 2. The van der Waals surface area contributed by atoms with E-state index in [1.807, 2.05) is 0 Å². The molecule has 0 unspecified atom stereocenters. The van der Waals surface area contributed by atoms with Gasteiger partial charge in [-0.2, -0.15) is 0 Å². The summed E-state index contributed by atoms with van der Waals surface area (Å²) in [6.45, 7) is 0.752. The molecule has 2 N–H and O–H groups in total. The van der Waals surface area contributed by atoms with Crippen LogP contribution in [0.3, 0.4) is 0 Å². The van der Waals surface area contributed by atoms with Crippen LogP contribution in [0.25, 0.3) is 0 Å². The smallest absolute Gasteiger partial charge is 0.270 e. The highest BCUT2D eigenvalue weighted by Crippen LogP contribution is 2.42. The summed E-state index contributed by atoms with van der Waals surface area (Å²) in [7, 11) is 1.33. The summed E-state index contributed by atoms with van der Waals surface area (Å²) in [5.74, 6) is -3.90. The summed E-state index contributed by atoms with van der Waals surface area (Å²) in [5.41, 5.74) is 5.56. The maximum Gasteiger partial charge on any atom is 0.270 e. The van der Waals surface area contributed by atoms with E-state index in [1.54, 1.807) is 0 Å². The molecule has 1 fully saturated rings. The Morgan fingerprint density at radius 2 is 1.80 bits per heavy atom. The first kappa shape index (κ1) is 15.2. The van der Waals surface area contributed by atoms with Crippen LogP contribution < -0.4 is 10.5 Å². The fraction of sp³-hybridized carbons (Fsp3) is 0.600. The Morgan fingerprint density at radius 3 is 2.30 bits per heavy atom. The lowest BCUT2D eigenvalue weighted by atomic mass is 9.76. The Morgan fingerprint density at radius 1 is 1.20 bits per heavy atom. The van der Waals surface area contributed by atoms with Crippen LogP contribution in [-0.4, -0.2) is 7.11 Å². The summed E-state index contributed by atoms with van der Waals surface area (Å²) in [6.07, 6.45) is 4.19. The summed E-state index contributed by atoms with van der Waals surface area (Å²) in [5, 5.41) is 0. The third-order valence-electron chi connectivity index (χ3n) is 4.04. The number of nitrogens with two attached hydrogens (primary N) is 1. The Balaban J connectivity index is 2.57. The average molecular weight is 287 g/mol. The second kappa shape index (κ2) is 5.28. The Hall–Kier alpha value is -1.23. The molecule has 0 amide bonds. The van der Waals surface area contributed by atoms with Gasteiger partial charge in [0.1, 0.15) is 0 Å². The molecule has 0 radical (unpaired) electrons. The van der Waals surface area contributed by atoms with E-state index >= 15 is 0 Å². The van der Waals surface area contributed by atoms with E-state index in [9.17, 15) is 13.2 Å². The lowest BCUT2D eigenvalue weighted by molar-refractivity contribution is 0.0168. The van der Waals surface area contributed by atoms with Gasteiger partial charge in [0.15, 0.2) is 11.6 Å². The van der Waals surface area contributed by atoms with Gasteiger partial charge in [-0.25, -0.2) is 13.2 Å². The fourth-order valence-corrected chi connectivity index (χ4v) is 2.88. The predicted octanol–water partition coefficient (Wildman–Crippen LogP) is 4.06. The van der Waals surface area contributed by atoms with Gasteiger partial charge in [-0.15, -0.1) is 0 Å².